The molecule has 0 aliphatic rings. The van der Waals surface area contributed by atoms with E-state index in [1.807, 2.05) is 6.92 Å². The van der Waals surface area contributed by atoms with Crippen LogP contribution in [0.15, 0.2) is 23.3 Å². The minimum atomic E-state index is -0.123. The largest absolute Gasteiger partial charge is 0.306 e. The molecule has 8 heteroatoms. The van der Waals surface area contributed by atoms with Crippen LogP contribution in [-0.4, -0.2) is 23.8 Å². The first kappa shape index (κ1) is 11.4. The van der Waals surface area contributed by atoms with Crippen LogP contribution in [0.1, 0.15) is 11.4 Å². The number of halogens is 1. The third-order valence-electron chi connectivity index (χ3n) is 2.56. The van der Waals surface area contributed by atoms with Gasteiger partial charge in [-0.15, -0.1) is 5.10 Å². The van der Waals surface area contributed by atoms with Crippen LogP contribution in [0.5, 0.6) is 0 Å². The van der Waals surface area contributed by atoms with Gasteiger partial charge in [0.15, 0.2) is 0 Å². The first-order chi connectivity index (χ1) is 8.65. The topological polar surface area (TPSA) is 65.1 Å². The molecule has 0 atom stereocenters. The van der Waals surface area contributed by atoms with Crippen molar-refractivity contribution >= 4 is 28.7 Å². The lowest BCUT2D eigenvalue weighted by Crippen LogP contribution is -2.22. The predicted molar refractivity (Wildman–Crippen MR) is 68.2 cm³/mol. The van der Waals surface area contributed by atoms with Gasteiger partial charge in [-0.3, -0.25) is 4.79 Å². The molecule has 3 aromatic heterocycles. The van der Waals surface area contributed by atoms with Crippen molar-refractivity contribution in [2.45, 2.75) is 13.5 Å². The molecular weight excluding hydrogens is 274 g/mol. The Kier molecular flexibility index (Phi) is 2.64. The van der Waals surface area contributed by atoms with Crippen LogP contribution < -0.4 is 5.56 Å². The van der Waals surface area contributed by atoms with E-state index < -0.39 is 0 Å². The maximum Gasteiger partial charge on any atom is 0.276 e. The predicted octanol–water partition coefficient (Wildman–Crippen LogP) is 1.36. The van der Waals surface area contributed by atoms with Gasteiger partial charge < -0.3 is 4.57 Å². The fourth-order valence-electron chi connectivity index (χ4n) is 1.73. The highest BCUT2D eigenvalue weighted by Gasteiger charge is 2.10. The molecule has 0 amide bonds. The highest BCUT2D eigenvalue weighted by Crippen LogP contribution is 2.17. The van der Waals surface area contributed by atoms with Gasteiger partial charge in [0.1, 0.15) is 15.5 Å². The summed E-state index contributed by atoms with van der Waals surface area (Å²) in [5.74, 6) is 0. The van der Waals surface area contributed by atoms with Gasteiger partial charge in [0.05, 0.1) is 12.2 Å². The molecule has 0 fully saturated rings. The molecule has 0 unspecified atom stereocenters. The Hall–Kier alpha value is -1.73. The van der Waals surface area contributed by atoms with E-state index in [2.05, 4.69) is 14.7 Å². The summed E-state index contributed by atoms with van der Waals surface area (Å²) in [6.07, 6.45) is 3.40. The van der Waals surface area contributed by atoms with Gasteiger partial charge in [-0.1, -0.05) is 16.1 Å². The van der Waals surface area contributed by atoms with Crippen LogP contribution >= 0.6 is 23.1 Å². The zero-order valence-corrected chi connectivity index (χ0v) is 10.9. The van der Waals surface area contributed by atoms with Crippen molar-refractivity contribution in [3.63, 3.8) is 0 Å². The molecule has 0 radical (unpaired) electrons. The van der Waals surface area contributed by atoms with Crippen molar-refractivity contribution in [1.29, 1.82) is 0 Å². The van der Waals surface area contributed by atoms with Gasteiger partial charge >= 0.3 is 0 Å². The fourth-order valence-corrected chi connectivity index (χ4v) is 2.34. The monoisotopic (exact) mass is 281 g/mol. The summed E-state index contributed by atoms with van der Waals surface area (Å²) < 4.78 is 7.35. The molecule has 0 bridgehead atoms. The number of hydrogen-bond acceptors (Lipinski definition) is 5. The van der Waals surface area contributed by atoms with Crippen molar-refractivity contribution in [2.75, 3.05) is 0 Å². The maximum atomic E-state index is 12.2. The standard InChI is InChI=1S/C10H8ClN5OS/c1-6-4-8-10(17)15(2-3-16(8)13-6)5-7-9(11)18-14-12-7/h2-4H,5H2,1H3. The van der Waals surface area contributed by atoms with Crippen LogP contribution in [0.25, 0.3) is 5.52 Å². The van der Waals surface area contributed by atoms with E-state index in [0.717, 1.165) is 17.2 Å². The second-order valence-electron chi connectivity index (χ2n) is 3.84. The zero-order valence-electron chi connectivity index (χ0n) is 9.37. The lowest BCUT2D eigenvalue weighted by atomic mass is 10.4. The van der Waals surface area contributed by atoms with Gasteiger partial charge in [0, 0.05) is 23.9 Å². The SMILES string of the molecule is Cc1cc2c(=O)n(Cc3nnsc3Cl)ccn2n1. The number of rotatable bonds is 2. The highest BCUT2D eigenvalue weighted by atomic mass is 35.5. The molecular formula is C10H8ClN5OS. The number of nitrogens with zero attached hydrogens (tertiary/aromatic N) is 5. The molecule has 0 aromatic carbocycles. The third-order valence-corrected chi connectivity index (χ3v) is 3.54. The average Bonchev–Trinajstić information content (AvgIpc) is 2.90. The first-order valence-electron chi connectivity index (χ1n) is 5.17. The van der Waals surface area contributed by atoms with E-state index in [1.54, 1.807) is 27.5 Å². The number of fused-ring (bicyclic) bond motifs is 1. The van der Waals surface area contributed by atoms with Crippen molar-refractivity contribution in [3.8, 4) is 0 Å². The van der Waals surface area contributed by atoms with E-state index in [-0.39, 0.29) is 5.56 Å². The van der Waals surface area contributed by atoms with Crippen LogP contribution in [0, 0.1) is 6.92 Å². The Morgan fingerprint density at radius 2 is 2.28 bits per heavy atom. The Morgan fingerprint density at radius 1 is 1.44 bits per heavy atom. The van der Waals surface area contributed by atoms with E-state index in [4.69, 9.17) is 11.6 Å². The quantitative estimate of drug-likeness (QED) is 0.711. The van der Waals surface area contributed by atoms with Crippen LogP contribution in [0.4, 0.5) is 0 Å². The van der Waals surface area contributed by atoms with Gasteiger partial charge in [0.25, 0.3) is 5.56 Å². The molecule has 3 rings (SSSR count). The minimum Gasteiger partial charge on any atom is -0.306 e. The number of hydrogen-bond donors (Lipinski definition) is 0. The Morgan fingerprint density at radius 3 is 3.00 bits per heavy atom. The molecule has 0 aliphatic carbocycles. The van der Waals surface area contributed by atoms with E-state index in [1.165, 1.54) is 0 Å². The van der Waals surface area contributed by atoms with Crippen LogP contribution in [0.3, 0.4) is 0 Å². The summed E-state index contributed by atoms with van der Waals surface area (Å²) in [4.78, 5) is 12.2. The molecule has 3 heterocycles. The van der Waals surface area contributed by atoms with E-state index in [9.17, 15) is 4.79 Å². The van der Waals surface area contributed by atoms with Crippen molar-refractivity contribution in [2.24, 2.45) is 0 Å². The van der Waals surface area contributed by atoms with E-state index >= 15 is 0 Å². The number of aryl methyl sites for hydroxylation is 1. The Balaban J connectivity index is 2.10. The zero-order chi connectivity index (χ0) is 12.7. The smallest absolute Gasteiger partial charge is 0.276 e. The highest BCUT2D eigenvalue weighted by molar-refractivity contribution is 7.10. The second-order valence-corrected chi connectivity index (χ2v) is 5.20. The Bertz CT molecular complexity index is 774. The van der Waals surface area contributed by atoms with Crippen molar-refractivity contribution in [3.05, 3.63) is 44.5 Å². The van der Waals surface area contributed by atoms with Gasteiger partial charge in [0.2, 0.25) is 0 Å². The van der Waals surface area contributed by atoms with E-state index in [0.29, 0.717) is 22.1 Å². The molecule has 6 nitrogen and oxygen atoms in total. The lowest BCUT2D eigenvalue weighted by Gasteiger charge is -2.03. The molecule has 0 saturated carbocycles. The van der Waals surface area contributed by atoms with Gasteiger partial charge in [-0.05, 0) is 13.0 Å². The minimum absolute atomic E-state index is 0.123. The second kappa shape index (κ2) is 4.18. The third kappa shape index (κ3) is 1.81. The first-order valence-corrected chi connectivity index (χ1v) is 6.32. The number of aromatic nitrogens is 5. The molecule has 0 aliphatic heterocycles. The summed E-state index contributed by atoms with van der Waals surface area (Å²) >= 11 is 7.03. The molecule has 18 heavy (non-hydrogen) atoms. The summed E-state index contributed by atoms with van der Waals surface area (Å²) in [5.41, 5.74) is 1.82. The van der Waals surface area contributed by atoms with Crippen molar-refractivity contribution in [1.82, 2.24) is 23.8 Å². The summed E-state index contributed by atoms with van der Waals surface area (Å²) in [6.45, 7) is 2.16. The molecule has 0 spiro atoms. The van der Waals surface area contributed by atoms with Crippen molar-refractivity contribution < 1.29 is 0 Å². The van der Waals surface area contributed by atoms with Crippen LogP contribution in [0.2, 0.25) is 4.34 Å². The molecule has 0 N–H and O–H groups in total. The van der Waals surface area contributed by atoms with Gasteiger partial charge in [-0.2, -0.15) is 5.10 Å². The van der Waals surface area contributed by atoms with Crippen LogP contribution in [-0.2, 0) is 6.54 Å². The molecule has 92 valence electrons. The summed E-state index contributed by atoms with van der Waals surface area (Å²) in [6, 6.07) is 1.75. The fraction of sp³-hybridized carbons (Fsp3) is 0.200. The molecule has 3 aromatic rings. The summed E-state index contributed by atoms with van der Waals surface area (Å²) in [7, 11) is 0. The normalized spacial score (nSPS) is 11.2. The van der Waals surface area contributed by atoms with Gasteiger partial charge in [-0.25, -0.2) is 4.52 Å². The maximum absolute atomic E-state index is 12.2. The summed E-state index contributed by atoms with van der Waals surface area (Å²) in [5, 5.41) is 8.07. The molecule has 0 saturated heterocycles. The Labute approximate surface area is 111 Å². The lowest BCUT2D eigenvalue weighted by molar-refractivity contribution is 0.722. The average molecular weight is 282 g/mol.